The van der Waals surface area contributed by atoms with E-state index in [4.69, 9.17) is 42.6 Å². The summed E-state index contributed by atoms with van der Waals surface area (Å²) in [5.41, 5.74) is 1.08. The second-order valence-corrected chi connectivity index (χ2v) is 13.2. The van der Waals surface area contributed by atoms with Crippen LogP contribution in [0.15, 0.2) is 42.5 Å². The lowest BCUT2D eigenvalue weighted by atomic mass is 9.96. The van der Waals surface area contributed by atoms with Crippen molar-refractivity contribution in [2.45, 2.75) is 99.4 Å². The molecule has 0 aliphatic carbocycles. The predicted molar refractivity (Wildman–Crippen MR) is 183 cm³/mol. The van der Waals surface area contributed by atoms with Crippen LogP contribution in [0, 0.1) is 0 Å². The lowest BCUT2D eigenvalue weighted by Crippen LogP contribution is -2.66. The Morgan fingerprint density at radius 3 is 2.20 bits per heavy atom. The Kier molecular flexibility index (Phi) is 14.7. The van der Waals surface area contributed by atoms with Gasteiger partial charge in [-0.15, -0.1) is 0 Å². The predicted octanol–water partition coefficient (Wildman–Crippen LogP) is -1.95. The van der Waals surface area contributed by atoms with E-state index in [9.17, 15) is 50.8 Å². The maximum absolute atomic E-state index is 13.2. The summed E-state index contributed by atoms with van der Waals surface area (Å²) in [6.07, 6.45) is -19.7. The van der Waals surface area contributed by atoms with E-state index < -0.39 is 105 Å². The summed E-state index contributed by atoms with van der Waals surface area (Å²) in [6, 6.07) is 9.03. The van der Waals surface area contributed by atoms with Crippen LogP contribution < -0.4 is 9.47 Å². The molecular weight excluding hydrogens is 736 g/mol. The SMILES string of the molecule is COc1ccc(/C=C/C(=O)O[C@H]2[C@H](O[C@@H]3O[C@@H](C)[C@H](O)[C@@H](O)[C@H]3O[C@@H]3OC[C@H](O)[C@H](O)[C@H]3O)[C@@H](O)[C@H](OCCc3ccc(O)c(OC)c3)O[C@@H]2CO)cc1O. The number of methoxy groups -OCH3 is 2. The Labute approximate surface area is 315 Å². The Bertz CT molecular complexity index is 1590. The van der Waals surface area contributed by atoms with Crippen molar-refractivity contribution in [3.8, 4) is 23.0 Å². The summed E-state index contributed by atoms with van der Waals surface area (Å²) in [7, 11) is 2.77. The maximum Gasteiger partial charge on any atom is 0.331 e. The molecule has 3 fully saturated rings. The maximum atomic E-state index is 13.2. The standard InChI is InChI=1S/C36H48O19/c1-16-26(42)28(44)33(55-34-29(45)27(43)21(40)15-50-34)36(51-16)54-32-30(46)35(49-11-10-18-4-7-19(38)23(13-18)48-3)52-24(14-37)31(32)53-25(41)9-6-17-5-8-22(47-2)20(39)12-17/h4-9,12-13,16,21,24,26-40,42-46H,10-11,14-15H2,1-3H3/b9-6+/t16-,21-,24+,26-,27-,28+,29+,30+,31+,32+,33+,34-,35+,36-/m0/s1. The van der Waals surface area contributed by atoms with Crippen LogP contribution in [-0.2, 0) is 44.4 Å². The van der Waals surface area contributed by atoms with Gasteiger partial charge in [0.2, 0.25) is 0 Å². The van der Waals surface area contributed by atoms with Gasteiger partial charge in [-0.3, -0.25) is 0 Å². The molecule has 3 saturated heterocycles. The molecule has 55 heavy (non-hydrogen) atoms. The number of aliphatic hydroxyl groups excluding tert-OH is 7. The van der Waals surface area contributed by atoms with Crippen molar-refractivity contribution >= 4 is 12.0 Å². The molecule has 14 atom stereocenters. The quantitative estimate of drug-likeness (QED) is 0.0744. The molecule has 2 aromatic rings. The van der Waals surface area contributed by atoms with Crippen molar-refractivity contribution in [2.24, 2.45) is 0 Å². The van der Waals surface area contributed by atoms with Gasteiger partial charge in [0, 0.05) is 6.08 Å². The highest BCUT2D eigenvalue weighted by molar-refractivity contribution is 5.87. The second-order valence-electron chi connectivity index (χ2n) is 13.2. The molecule has 19 heteroatoms. The minimum atomic E-state index is -1.81. The average molecular weight is 785 g/mol. The van der Waals surface area contributed by atoms with Crippen molar-refractivity contribution in [2.75, 3.05) is 34.0 Å². The monoisotopic (exact) mass is 784 g/mol. The molecule has 19 nitrogen and oxygen atoms in total. The third-order valence-corrected chi connectivity index (χ3v) is 9.40. The van der Waals surface area contributed by atoms with Gasteiger partial charge < -0.3 is 88.6 Å². The molecule has 5 rings (SSSR count). The van der Waals surface area contributed by atoms with Crippen LogP contribution in [0.1, 0.15) is 18.1 Å². The summed E-state index contributed by atoms with van der Waals surface area (Å²) >= 11 is 0. The van der Waals surface area contributed by atoms with Gasteiger partial charge in [0.15, 0.2) is 48.0 Å². The number of hydrogen-bond acceptors (Lipinski definition) is 19. The number of esters is 1. The number of aliphatic hydroxyl groups is 7. The van der Waals surface area contributed by atoms with Crippen molar-refractivity contribution in [3.63, 3.8) is 0 Å². The third-order valence-electron chi connectivity index (χ3n) is 9.40. The first-order chi connectivity index (χ1) is 26.3. The molecule has 0 unspecified atom stereocenters. The van der Waals surface area contributed by atoms with E-state index in [-0.39, 0.29) is 36.0 Å². The molecule has 2 aromatic carbocycles. The Balaban J connectivity index is 1.40. The zero-order valence-electron chi connectivity index (χ0n) is 30.1. The smallest absolute Gasteiger partial charge is 0.331 e. The molecule has 0 bridgehead atoms. The number of benzene rings is 2. The first-order valence-corrected chi connectivity index (χ1v) is 17.4. The number of aromatic hydroxyl groups is 2. The van der Waals surface area contributed by atoms with Crippen LogP contribution in [0.25, 0.3) is 6.08 Å². The molecule has 3 aliphatic rings. The highest BCUT2D eigenvalue weighted by Gasteiger charge is 2.54. The summed E-state index contributed by atoms with van der Waals surface area (Å²) < 4.78 is 50.7. The summed E-state index contributed by atoms with van der Waals surface area (Å²) in [5, 5.41) is 94.5. The molecule has 0 radical (unpaired) electrons. The van der Waals surface area contributed by atoms with E-state index in [0.29, 0.717) is 11.1 Å². The number of phenols is 2. The van der Waals surface area contributed by atoms with Gasteiger partial charge in [0.1, 0.15) is 54.9 Å². The molecule has 0 spiro atoms. The molecule has 0 saturated carbocycles. The number of carbonyl (C=O) groups is 1. The average Bonchev–Trinajstić information content (AvgIpc) is 3.17. The Hall–Kier alpha value is -3.67. The fourth-order valence-corrected chi connectivity index (χ4v) is 6.26. The van der Waals surface area contributed by atoms with Crippen LogP contribution in [0.2, 0.25) is 0 Å². The van der Waals surface area contributed by atoms with Crippen LogP contribution in [-0.4, -0.2) is 172 Å². The van der Waals surface area contributed by atoms with Crippen molar-refractivity contribution in [1.82, 2.24) is 0 Å². The first kappa shape index (κ1) is 42.5. The molecule has 3 aliphatic heterocycles. The fourth-order valence-electron chi connectivity index (χ4n) is 6.26. The largest absolute Gasteiger partial charge is 0.504 e. The van der Waals surface area contributed by atoms with Gasteiger partial charge in [-0.1, -0.05) is 12.1 Å². The van der Waals surface area contributed by atoms with Crippen molar-refractivity contribution in [3.05, 3.63) is 53.6 Å². The van der Waals surface area contributed by atoms with E-state index in [1.165, 1.54) is 45.4 Å². The number of rotatable bonds is 14. The van der Waals surface area contributed by atoms with Crippen LogP contribution >= 0.6 is 0 Å². The molecule has 9 N–H and O–H groups in total. The van der Waals surface area contributed by atoms with Gasteiger partial charge in [-0.2, -0.15) is 0 Å². The second kappa shape index (κ2) is 19.0. The molecule has 0 aromatic heterocycles. The number of phenolic OH excluding ortho intramolecular Hbond substituents is 2. The van der Waals surface area contributed by atoms with Gasteiger partial charge >= 0.3 is 5.97 Å². The lowest BCUT2D eigenvalue weighted by molar-refractivity contribution is -0.381. The summed E-state index contributed by atoms with van der Waals surface area (Å²) in [6.45, 7) is 0.112. The summed E-state index contributed by atoms with van der Waals surface area (Å²) in [5.74, 6) is -0.814. The Morgan fingerprint density at radius 1 is 0.782 bits per heavy atom. The normalized spacial score (nSPS) is 35.4. The van der Waals surface area contributed by atoms with E-state index >= 15 is 0 Å². The zero-order valence-corrected chi connectivity index (χ0v) is 30.1. The highest BCUT2D eigenvalue weighted by Crippen LogP contribution is 2.34. The van der Waals surface area contributed by atoms with Gasteiger partial charge in [-0.25, -0.2) is 4.79 Å². The van der Waals surface area contributed by atoms with Gasteiger partial charge in [0.25, 0.3) is 0 Å². The van der Waals surface area contributed by atoms with Gasteiger partial charge in [0.05, 0.1) is 40.1 Å². The van der Waals surface area contributed by atoms with Gasteiger partial charge in [-0.05, 0) is 54.8 Å². The zero-order chi connectivity index (χ0) is 40.0. The molecular formula is C36H48O19. The third kappa shape index (κ3) is 10.0. The minimum Gasteiger partial charge on any atom is -0.504 e. The number of hydrogen-bond donors (Lipinski definition) is 9. The minimum absolute atomic E-state index is 0.0683. The first-order valence-electron chi connectivity index (χ1n) is 17.4. The van der Waals surface area contributed by atoms with Crippen LogP contribution in [0.4, 0.5) is 0 Å². The van der Waals surface area contributed by atoms with Crippen molar-refractivity contribution in [1.29, 1.82) is 0 Å². The number of carbonyl (C=O) groups excluding carboxylic acids is 1. The fraction of sp³-hybridized carbons (Fsp3) is 0.583. The lowest BCUT2D eigenvalue weighted by Gasteiger charge is -2.48. The topological polar surface area (TPSA) is 282 Å². The summed E-state index contributed by atoms with van der Waals surface area (Å²) in [4.78, 5) is 13.2. The molecule has 306 valence electrons. The van der Waals surface area contributed by atoms with E-state index in [1.54, 1.807) is 18.2 Å². The van der Waals surface area contributed by atoms with E-state index in [2.05, 4.69) is 0 Å². The molecule has 0 amide bonds. The van der Waals surface area contributed by atoms with E-state index in [1.807, 2.05) is 0 Å². The van der Waals surface area contributed by atoms with E-state index in [0.717, 1.165) is 6.08 Å². The Morgan fingerprint density at radius 2 is 1.51 bits per heavy atom. The van der Waals surface area contributed by atoms with Crippen LogP contribution in [0.5, 0.6) is 23.0 Å². The van der Waals surface area contributed by atoms with Crippen molar-refractivity contribution < 1.29 is 93.4 Å². The number of ether oxygens (including phenoxy) is 9. The molecule has 3 heterocycles. The van der Waals surface area contributed by atoms with Crippen LogP contribution in [0.3, 0.4) is 0 Å². The highest BCUT2D eigenvalue weighted by atomic mass is 16.8.